The number of furan rings is 1. The highest BCUT2D eigenvalue weighted by atomic mass is 35.5. The van der Waals surface area contributed by atoms with Crippen LogP contribution in [0.2, 0.25) is 5.02 Å². The summed E-state index contributed by atoms with van der Waals surface area (Å²) in [5.74, 6) is -1.31. The molecule has 0 aliphatic rings. The molecule has 132 valence electrons. The normalized spacial score (nSPS) is 10.5. The third-order valence-corrected chi connectivity index (χ3v) is 3.78. The Balaban J connectivity index is 1.62. The van der Waals surface area contributed by atoms with Crippen LogP contribution in [0.1, 0.15) is 27.8 Å². The SMILES string of the molecule is CC(=O)Nc1ccc(C(=O)COC(=O)c2cc3cc(Cl)ccc3o2)cc1. The van der Waals surface area contributed by atoms with Gasteiger partial charge in [0.1, 0.15) is 5.58 Å². The van der Waals surface area contributed by atoms with Gasteiger partial charge in [0.2, 0.25) is 11.7 Å². The van der Waals surface area contributed by atoms with E-state index in [0.29, 0.717) is 27.2 Å². The van der Waals surface area contributed by atoms with Gasteiger partial charge in [-0.05, 0) is 48.5 Å². The van der Waals surface area contributed by atoms with Gasteiger partial charge in [-0.2, -0.15) is 0 Å². The monoisotopic (exact) mass is 371 g/mol. The van der Waals surface area contributed by atoms with Crippen LogP contribution in [0.4, 0.5) is 5.69 Å². The molecule has 0 bridgehead atoms. The molecule has 0 saturated carbocycles. The lowest BCUT2D eigenvalue weighted by molar-refractivity contribution is -0.114. The van der Waals surface area contributed by atoms with E-state index < -0.39 is 12.6 Å². The largest absolute Gasteiger partial charge is 0.451 e. The highest BCUT2D eigenvalue weighted by molar-refractivity contribution is 6.31. The van der Waals surface area contributed by atoms with Gasteiger partial charge in [-0.15, -0.1) is 0 Å². The fraction of sp³-hybridized carbons (Fsp3) is 0.105. The lowest BCUT2D eigenvalue weighted by Crippen LogP contribution is -2.14. The van der Waals surface area contributed by atoms with Gasteiger partial charge in [0.25, 0.3) is 0 Å². The number of halogens is 1. The summed E-state index contributed by atoms with van der Waals surface area (Å²) in [6.45, 7) is 0.973. The number of carbonyl (C=O) groups excluding carboxylic acids is 3. The van der Waals surface area contributed by atoms with Crippen LogP contribution in [0.5, 0.6) is 0 Å². The highest BCUT2D eigenvalue weighted by Crippen LogP contribution is 2.23. The molecule has 0 fully saturated rings. The van der Waals surface area contributed by atoms with Crippen molar-refractivity contribution >= 4 is 45.9 Å². The topological polar surface area (TPSA) is 85.6 Å². The average Bonchev–Trinajstić information content (AvgIpc) is 3.02. The van der Waals surface area contributed by atoms with Crippen molar-refractivity contribution in [2.24, 2.45) is 0 Å². The molecule has 0 atom stereocenters. The number of esters is 1. The maximum absolute atomic E-state index is 12.1. The fourth-order valence-corrected chi connectivity index (χ4v) is 2.52. The van der Waals surface area contributed by atoms with Crippen molar-refractivity contribution in [1.29, 1.82) is 0 Å². The van der Waals surface area contributed by atoms with E-state index in [4.69, 9.17) is 20.8 Å². The number of amides is 1. The van der Waals surface area contributed by atoms with Gasteiger partial charge >= 0.3 is 5.97 Å². The van der Waals surface area contributed by atoms with Crippen molar-refractivity contribution in [3.05, 3.63) is 64.9 Å². The fourth-order valence-electron chi connectivity index (χ4n) is 2.34. The van der Waals surface area contributed by atoms with E-state index in [1.54, 1.807) is 42.5 Å². The second-order valence-corrected chi connectivity index (χ2v) is 5.99. The van der Waals surface area contributed by atoms with Crippen LogP contribution in [-0.4, -0.2) is 24.3 Å². The third kappa shape index (κ3) is 4.10. The summed E-state index contributed by atoms with van der Waals surface area (Å²) in [7, 11) is 0. The number of Topliss-reactive ketones (excluding diaryl/α,β-unsaturated/α-hetero) is 1. The van der Waals surface area contributed by atoms with Gasteiger partial charge in [-0.1, -0.05) is 11.6 Å². The molecule has 3 aromatic rings. The Kier molecular flexibility index (Phi) is 5.04. The van der Waals surface area contributed by atoms with E-state index >= 15 is 0 Å². The van der Waals surface area contributed by atoms with Gasteiger partial charge < -0.3 is 14.5 Å². The number of hydrogen-bond donors (Lipinski definition) is 1. The second-order valence-electron chi connectivity index (χ2n) is 5.55. The molecular weight excluding hydrogens is 358 g/mol. The molecule has 1 N–H and O–H groups in total. The minimum atomic E-state index is -0.736. The summed E-state index contributed by atoms with van der Waals surface area (Å²) < 4.78 is 10.4. The molecule has 0 aliphatic heterocycles. The van der Waals surface area contributed by atoms with E-state index in [-0.39, 0.29) is 17.5 Å². The Labute approximate surface area is 153 Å². The first-order valence-electron chi connectivity index (χ1n) is 7.69. The van der Waals surface area contributed by atoms with Crippen LogP contribution in [0.25, 0.3) is 11.0 Å². The third-order valence-electron chi connectivity index (χ3n) is 3.54. The van der Waals surface area contributed by atoms with E-state index in [1.807, 2.05) is 0 Å². The van der Waals surface area contributed by atoms with Crippen LogP contribution in [0, 0.1) is 0 Å². The summed E-state index contributed by atoms with van der Waals surface area (Å²) in [5.41, 5.74) is 1.44. The predicted molar refractivity (Wildman–Crippen MR) is 96.6 cm³/mol. The zero-order valence-electron chi connectivity index (χ0n) is 13.7. The van der Waals surface area contributed by atoms with E-state index in [9.17, 15) is 14.4 Å². The average molecular weight is 372 g/mol. The standard InChI is InChI=1S/C19H14ClNO5/c1-11(22)21-15-5-2-12(3-6-15)16(23)10-25-19(24)18-9-13-8-14(20)4-7-17(13)26-18/h2-9H,10H2,1H3,(H,21,22). The molecule has 1 aromatic heterocycles. The molecule has 0 aliphatic carbocycles. The van der Waals surface area contributed by atoms with Crippen LogP contribution in [0.3, 0.4) is 0 Å². The van der Waals surface area contributed by atoms with Crippen molar-refractivity contribution in [3.63, 3.8) is 0 Å². The zero-order chi connectivity index (χ0) is 18.7. The van der Waals surface area contributed by atoms with Gasteiger partial charge in [-0.3, -0.25) is 9.59 Å². The molecule has 1 heterocycles. The maximum Gasteiger partial charge on any atom is 0.374 e. The summed E-state index contributed by atoms with van der Waals surface area (Å²) in [4.78, 5) is 35.2. The van der Waals surface area contributed by atoms with Gasteiger partial charge in [0.15, 0.2) is 12.4 Å². The molecule has 0 radical (unpaired) electrons. The van der Waals surface area contributed by atoms with Crippen molar-refractivity contribution < 1.29 is 23.5 Å². The Morgan fingerprint density at radius 2 is 1.81 bits per heavy atom. The van der Waals surface area contributed by atoms with Gasteiger partial charge in [-0.25, -0.2) is 4.79 Å². The number of hydrogen-bond acceptors (Lipinski definition) is 5. The first-order valence-corrected chi connectivity index (χ1v) is 8.07. The van der Waals surface area contributed by atoms with Crippen LogP contribution in [-0.2, 0) is 9.53 Å². The number of ether oxygens (including phenoxy) is 1. The predicted octanol–water partition coefficient (Wildman–Crippen LogP) is 4.08. The second kappa shape index (κ2) is 7.41. The maximum atomic E-state index is 12.1. The van der Waals surface area contributed by atoms with E-state index in [1.165, 1.54) is 13.0 Å². The summed E-state index contributed by atoms with van der Waals surface area (Å²) in [6, 6.07) is 12.8. The van der Waals surface area contributed by atoms with Crippen molar-refractivity contribution in [2.75, 3.05) is 11.9 Å². The molecule has 7 heteroatoms. The van der Waals surface area contributed by atoms with Crippen LogP contribution < -0.4 is 5.32 Å². The van der Waals surface area contributed by atoms with Gasteiger partial charge in [0, 0.05) is 28.6 Å². The Morgan fingerprint density at radius 1 is 1.08 bits per heavy atom. The van der Waals surface area contributed by atoms with Crippen LogP contribution >= 0.6 is 11.6 Å². The lowest BCUT2D eigenvalue weighted by atomic mass is 10.1. The number of rotatable bonds is 5. The number of anilines is 1. The molecule has 26 heavy (non-hydrogen) atoms. The number of carbonyl (C=O) groups is 3. The molecule has 1 amide bonds. The summed E-state index contributed by atoms with van der Waals surface area (Å²) in [6.07, 6.45) is 0. The lowest BCUT2D eigenvalue weighted by Gasteiger charge is -2.05. The van der Waals surface area contributed by atoms with Crippen molar-refractivity contribution in [1.82, 2.24) is 0 Å². The first kappa shape index (κ1) is 17.7. The Hall–Kier alpha value is -3.12. The zero-order valence-corrected chi connectivity index (χ0v) is 14.5. The highest BCUT2D eigenvalue weighted by Gasteiger charge is 2.16. The molecule has 0 unspecified atom stereocenters. The number of ketones is 1. The smallest absolute Gasteiger partial charge is 0.374 e. The molecule has 0 spiro atoms. The number of fused-ring (bicyclic) bond motifs is 1. The van der Waals surface area contributed by atoms with Gasteiger partial charge in [0.05, 0.1) is 0 Å². The van der Waals surface area contributed by atoms with Crippen molar-refractivity contribution in [2.45, 2.75) is 6.92 Å². The van der Waals surface area contributed by atoms with Crippen molar-refractivity contribution in [3.8, 4) is 0 Å². The molecule has 3 rings (SSSR count). The number of nitrogens with one attached hydrogen (secondary N) is 1. The molecule has 6 nitrogen and oxygen atoms in total. The molecule has 0 saturated heterocycles. The minimum absolute atomic E-state index is 0.00364. The number of benzene rings is 2. The first-order chi connectivity index (χ1) is 12.4. The van der Waals surface area contributed by atoms with Crippen LogP contribution in [0.15, 0.2) is 52.9 Å². The quantitative estimate of drug-likeness (QED) is 0.539. The van der Waals surface area contributed by atoms with E-state index in [0.717, 1.165) is 0 Å². The Morgan fingerprint density at radius 3 is 2.50 bits per heavy atom. The summed E-state index contributed by atoms with van der Waals surface area (Å²) in [5, 5.41) is 3.80. The Bertz CT molecular complexity index is 991. The molecule has 2 aromatic carbocycles. The summed E-state index contributed by atoms with van der Waals surface area (Å²) >= 11 is 5.89. The molecular formula is C19H14ClNO5. The minimum Gasteiger partial charge on any atom is -0.451 e. The van der Waals surface area contributed by atoms with E-state index in [2.05, 4.69) is 5.32 Å².